The van der Waals surface area contributed by atoms with Crippen molar-refractivity contribution >= 4 is 0 Å². The van der Waals surface area contributed by atoms with E-state index >= 15 is 0 Å². The summed E-state index contributed by atoms with van der Waals surface area (Å²) in [5, 5.41) is 18.8. The van der Waals surface area contributed by atoms with Gasteiger partial charge in [-0.2, -0.15) is 5.26 Å². The first-order chi connectivity index (χ1) is 9.78. The molecule has 0 radical (unpaired) electrons. The van der Waals surface area contributed by atoms with E-state index in [9.17, 15) is 5.11 Å². The van der Waals surface area contributed by atoms with Crippen LogP contribution in [-0.2, 0) is 0 Å². The van der Waals surface area contributed by atoms with E-state index in [4.69, 9.17) is 10.00 Å². The zero-order valence-electron chi connectivity index (χ0n) is 11.8. The first-order valence-corrected chi connectivity index (χ1v) is 7.31. The molecule has 1 unspecified atom stereocenters. The van der Waals surface area contributed by atoms with Crippen molar-refractivity contribution in [1.82, 2.24) is 4.90 Å². The Hall–Kier alpha value is -1.57. The number of likely N-dealkylation sites (tertiary alicyclic amines) is 1. The molecule has 0 amide bonds. The third kappa shape index (κ3) is 4.84. The Morgan fingerprint density at radius 3 is 2.40 bits per heavy atom. The van der Waals surface area contributed by atoms with Gasteiger partial charge >= 0.3 is 0 Å². The minimum atomic E-state index is -0.469. The van der Waals surface area contributed by atoms with Gasteiger partial charge in [-0.3, -0.25) is 0 Å². The fourth-order valence-electron chi connectivity index (χ4n) is 2.49. The number of hydrogen-bond acceptors (Lipinski definition) is 4. The SMILES string of the molecule is N#Cc1ccc(OCC(O)CN2CCCCCC2)cc1. The van der Waals surface area contributed by atoms with Gasteiger partial charge in [0.15, 0.2) is 0 Å². The van der Waals surface area contributed by atoms with E-state index in [2.05, 4.69) is 11.0 Å². The van der Waals surface area contributed by atoms with Crippen LogP contribution in [0.2, 0.25) is 0 Å². The predicted octanol–water partition coefficient (Wildman–Crippen LogP) is 2.17. The van der Waals surface area contributed by atoms with Crippen molar-refractivity contribution in [3.05, 3.63) is 29.8 Å². The summed E-state index contributed by atoms with van der Waals surface area (Å²) in [6.45, 7) is 3.13. The molecule has 0 spiro atoms. The van der Waals surface area contributed by atoms with Crippen LogP contribution in [0.15, 0.2) is 24.3 Å². The lowest BCUT2D eigenvalue weighted by Gasteiger charge is -2.23. The van der Waals surface area contributed by atoms with Gasteiger partial charge in [-0.15, -0.1) is 0 Å². The number of benzene rings is 1. The van der Waals surface area contributed by atoms with Gasteiger partial charge in [0.2, 0.25) is 0 Å². The van der Waals surface area contributed by atoms with E-state index in [0.29, 0.717) is 24.5 Å². The molecule has 1 aromatic carbocycles. The Labute approximate surface area is 120 Å². The molecule has 1 fully saturated rings. The molecule has 4 heteroatoms. The van der Waals surface area contributed by atoms with Crippen LogP contribution < -0.4 is 4.74 Å². The minimum Gasteiger partial charge on any atom is -0.491 e. The molecule has 0 aromatic heterocycles. The molecular weight excluding hydrogens is 252 g/mol. The third-order valence-electron chi connectivity index (χ3n) is 3.59. The molecule has 0 aliphatic carbocycles. The van der Waals surface area contributed by atoms with E-state index < -0.39 is 6.10 Å². The predicted molar refractivity (Wildman–Crippen MR) is 77.6 cm³/mol. The molecule has 1 saturated heterocycles. The number of nitriles is 1. The zero-order chi connectivity index (χ0) is 14.2. The van der Waals surface area contributed by atoms with E-state index in [0.717, 1.165) is 13.1 Å². The summed E-state index contributed by atoms with van der Waals surface area (Å²) in [4.78, 5) is 2.32. The number of ether oxygens (including phenoxy) is 1. The van der Waals surface area contributed by atoms with Gasteiger partial charge in [0.1, 0.15) is 18.5 Å². The molecule has 1 aromatic rings. The van der Waals surface area contributed by atoms with Crippen LogP contribution in [-0.4, -0.2) is 42.4 Å². The summed E-state index contributed by atoms with van der Waals surface area (Å²) in [6.07, 6.45) is 4.58. The molecule has 0 bridgehead atoms. The smallest absolute Gasteiger partial charge is 0.119 e. The van der Waals surface area contributed by atoms with Crippen molar-refractivity contribution in [2.75, 3.05) is 26.2 Å². The summed E-state index contributed by atoms with van der Waals surface area (Å²) < 4.78 is 5.55. The number of β-amino-alcohol motifs (C(OH)–C–C–N with tert-alkyl or cyclic N) is 1. The van der Waals surface area contributed by atoms with Crippen molar-refractivity contribution in [1.29, 1.82) is 5.26 Å². The Morgan fingerprint density at radius 1 is 1.15 bits per heavy atom. The molecule has 108 valence electrons. The average molecular weight is 274 g/mol. The van der Waals surface area contributed by atoms with E-state index in [-0.39, 0.29) is 0 Å². The quantitative estimate of drug-likeness (QED) is 0.894. The highest BCUT2D eigenvalue weighted by molar-refractivity contribution is 5.34. The van der Waals surface area contributed by atoms with Crippen LogP contribution in [0, 0.1) is 11.3 Å². The van der Waals surface area contributed by atoms with Gasteiger partial charge in [-0.25, -0.2) is 0 Å². The van der Waals surface area contributed by atoms with E-state index in [1.54, 1.807) is 24.3 Å². The Kier molecular flexibility index (Phi) is 5.85. The van der Waals surface area contributed by atoms with Crippen molar-refractivity contribution in [2.45, 2.75) is 31.8 Å². The number of aliphatic hydroxyl groups excluding tert-OH is 1. The largest absolute Gasteiger partial charge is 0.491 e. The third-order valence-corrected chi connectivity index (χ3v) is 3.59. The standard InChI is InChI=1S/C16H22N2O2/c17-11-14-5-7-16(8-6-14)20-13-15(19)12-18-9-3-1-2-4-10-18/h5-8,15,19H,1-4,9-10,12-13H2. The zero-order valence-corrected chi connectivity index (χ0v) is 11.8. The van der Waals surface area contributed by atoms with Crippen LogP contribution in [0.1, 0.15) is 31.2 Å². The average Bonchev–Trinajstić information content (AvgIpc) is 2.74. The molecule has 1 atom stereocenters. The molecule has 20 heavy (non-hydrogen) atoms. The van der Waals surface area contributed by atoms with Gasteiger partial charge in [0, 0.05) is 6.54 Å². The summed E-state index contributed by atoms with van der Waals surface area (Å²) in [7, 11) is 0. The molecule has 1 aliphatic rings. The highest BCUT2D eigenvalue weighted by Gasteiger charge is 2.14. The van der Waals surface area contributed by atoms with Crippen LogP contribution in [0.3, 0.4) is 0 Å². The summed E-state index contributed by atoms with van der Waals surface area (Å²) in [5.74, 6) is 0.693. The summed E-state index contributed by atoms with van der Waals surface area (Å²) in [5.41, 5.74) is 0.613. The van der Waals surface area contributed by atoms with Crippen molar-refractivity contribution < 1.29 is 9.84 Å². The maximum absolute atomic E-state index is 10.0. The van der Waals surface area contributed by atoms with Crippen LogP contribution in [0.4, 0.5) is 0 Å². The van der Waals surface area contributed by atoms with Gasteiger partial charge < -0.3 is 14.7 Å². The minimum absolute atomic E-state index is 0.294. The molecule has 1 N–H and O–H groups in total. The molecule has 2 rings (SSSR count). The van der Waals surface area contributed by atoms with E-state index in [1.807, 2.05) is 0 Å². The highest BCUT2D eigenvalue weighted by atomic mass is 16.5. The first kappa shape index (κ1) is 14.8. The summed E-state index contributed by atoms with van der Waals surface area (Å²) >= 11 is 0. The van der Waals surface area contributed by atoms with Gasteiger partial charge in [-0.05, 0) is 50.2 Å². The summed E-state index contributed by atoms with van der Waals surface area (Å²) in [6, 6.07) is 9.03. The van der Waals surface area contributed by atoms with Crippen LogP contribution in [0.25, 0.3) is 0 Å². The second-order valence-electron chi connectivity index (χ2n) is 5.32. The molecule has 0 saturated carbocycles. The Balaban J connectivity index is 1.73. The first-order valence-electron chi connectivity index (χ1n) is 7.31. The second-order valence-corrected chi connectivity index (χ2v) is 5.32. The van der Waals surface area contributed by atoms with Gasteiger partial charge in [0.05, 0.1) is 11.6 Å². The van der Waals surface area contributed by atoms with E-state index in [1.165, 1.54) is 25.7 Å². The maximum Gasteiger partial charge on any atom is 0.119 e. The topological polar surface area (TPSA) is 56.5 Å². The fraction of sp³-hybridized carbons (Fsp3) is 0.562. The number of hydrogen-bond donors (Lipinski definition) is 1. The second kappa shape index (κ2) is 7.88. The monoisotopic (exact) mass is 274 g/mol. The fourth-order valence-corrected chi connectivity index (χ4v) is 2.49. The highest BCUT2D eigenvalue weighted by Crippen LogP contribution is 2.13. The Morgan fingerprint density at radius 2 is 1.80 bits per heavy atom. The lowest BCUT2D eigenvalue weighted by Crippen LogP contribution is -2.36. The lowest BCUT2D eigenvalue weighted by atomic mass is 10.2. The maximum atomic E-state index is 10.0. The van der Waals surface area contributed by atoms with Gasteiger partial charge in [0.25, 0.3) is 0 Å². The number of nitrogens with zero attached hydrogens (tertiary/aromatic N) is 2. The Bertz CT molecular complexity index is 431. The molecule has 4 nitrogen and oxygen atoms in total. The van der Waals surface area contributed by atoms with Crippen molar-refractivity contribution in [2.24, 2.45) is 0 Å². The molecule has 1 heterocycles. The van der Waals surface area contributed by atoms with Crippen molar-refractivity contribution in [3.63, 3.8) is 0 Å². The molecule has 1 aliphatic heterocycles. The van der Waals surface area contributed by atoms with Crippen molar-refractivity contribution in [3.8, 4) is 11.8 Å². The number of aliphatic hydroxyl groups is 1. The normalized spacial score (nSPS) is 18.0. The number of rotatable bonds is 5. The van der Waals surface area contributed by atoms with Crippen LogP contribution in [0.5, 0.6) is 5.75 Å². The lowest BCUT2D eigenvalue weighted by molar-refractivity contribution is 0.0693. The van der Waals surface area contributed by atoms with Gasteiger partial charge in [-0.1, -0.05) is 12.8 Å². The molecular formula is C16H22N2O2. The van der Waals surface area contributed by atoms with Crippen LogP contribution >= 0.6 is 0 Å².